The summed E-state index contributed by atoms with van der Waals surface area (Å²) in [5.74, 6) is -2.19. The molecule has 0 aliphatic carbocycles. The van der Waals surface area contributed by atoms with E-state index < -0.39 is 25.6 Å². The summed E-state index contributed by atoms with van der Waals surface area (Å²) < 4.78 is 0. The average molecular weight is 301 g/mol. The van der Waals surface area contributed by atoms with Gasteiger partial charge in [-0.25, -0.2) is 0 Å². The van der Waals surface area contributed by atoms with Gasteiger partial charge in [0.1, 0.15) is 5.54 Å². The van der Waals surface area contributed by atoms with E-state index >= 15 is 0 Å². The van der Waals surface area contributed by atoms with E-state index in [0.717, 1.165) is 0 Å². The predicted molar refractivity (Wildman–Crippen MR) is 82.4 cm³/mol. The van der Waals surface area contributed by atoms with Gasteiger partial charge in [-0.3, -0.25) is 9.59 Å². The lowest BCUT2D eigenvalue weighted by molar-refractivity contribution is -0.144. The second-order valence-corrected chi connectivity index (χ2v) is 12.2. The molecule has 116 valence electrons. The maximum atomic E-state index is 11.2. The Balaban J connectivity index is 4.87. The van der Waals surface area contributed by atoms with E-state index in [1.807, 2.05) is 6.08 Å². The summed E-state index contributed by atoms with van der Waals surface area (Å²) >= 11 is 0. The molecule has 4 N–H and O–H groups in total. The molecule has 20 heavy (non-hydrogen) atoms. The number of carbonyl (C=O) groups is 2. The van der Waals surface area contributed by atoms with Crippen LogP contribution in [0.1, 0.15) is 40.0 Å². The highest BCUT2D eigenvalue weighted by molar-refractivity contribution is 6.84. The minimum absolute atomic E-state index is 0.0699. The van der Waals surface area contributed by atoms with Gasteiger partial charge < -0.3 is 15.9 Å². The Morgan fingerprint density at radius 1 is 1.20 bits per heavy atom. The topological polar surface area (TPSA) is 101 Å². The fourth-order valence-electron chi connectivity index (χ4n) is 1.44. The summed E-state index contributed by atoms with van der Waals surface area (Å²) in [6, 6.07) is 0. The predicted octanol–water partition coefficient (Wildman–Crippen LogP) is 2.63. The zero-order valence-electron chi connectivity index (χ0n) is 13.1. The quantitative estimate of drug-likeness (QED) is 0.628. The number of rotatable bonds is 7. The monoisotopic (exact) mass is 301 g/mol. The molecule has 0 amide bonds. The second kappa shape index (κ2) is 6.54. The lowest BCUT2D eigenvalue weighted by Gasteiger charge is -2.34. The third kappa shape index (κ3) is 5.46. The van der Waals surface area contributed by atoms with E-state index in [4.69, 9.17) is 10.8 Å². The van der Waals surface area contributed by atoms with Crippen LogP contribution in [0.2, 0.25) is 18.1 Å². The van der Waals surface area contributed by atoms with Crippen molar-refractivity contribution in [1.82, 2.24) is 0 Å². The summed E-state index contributed by atoms with van der Waals surface area (Å²) in [5, 5.41) is 18.0. The summed E-state index contributed by atoms with van der Waals surface area (Å²) in [5.41, 5.74) is 6.42. The first-order valence-corrected chi connectivity index (χ1v) is 9.81. The average Bonchev–Trinajstić information content (AvgIpc) is 2.24. The molecule has 0 fully saturated rings. The van der Waals surface area contributed by atoms with Gasteiger partial charge in [0.25, 0.3) is 0 Å². The molecule has 0 aromatic heterocycles. The van der Waals surface area contributed by atoms with Crippen molar-refractivity contribution in [3.05, 3.63) is 11.8 Å². The van der Waals surface area contributed by atoms with Crippen LogP contribution in [0, 0.1) is 0 Å². The van der Waals surface area contributed by atoms with Crippen molar-refractivity contribution in [3.63, 3.8) is 0 Å². The second-order valence-electron chi connectivity index (χ2n) is 6.93. The smallest absolute Gasteiger partial charge is 0.324 e. The highest BCUT2D eigenvalue weighted by Crippen LogP contribution is 2.36. The Morgan fingerprint density at radius 3 is 2.05 bits per heavy atom. The van der Waals surface area contributed by atoms with E-state index in [1.54, 1.807) is 0 Å². The van der Waals surface area contributed by atoms with Gasteiger partial charge in [0, 0.05) is 6.42 Å². The molecule has 6 heteroatoms. The van der Waals surface area contributed by atoms with Crippen LogP contribution in [0.3, 0.4) is 0 Å². The van der Waals surface area contributed by atoms with Crippen LogP contribution in [0.25, 0.3) is 0 Å². The van der Waals surface area contributed by atoms with Crippen molar-refractivity contribution in [2.24, 2.45) is 5.73 Å². The molecule has 0 aromatic rings. The SMILES string of the molecule is CC(C)(C)[Si](C)(C)/C=C/C[C@@](N)(CCC(=O)O)C(=O)O. The van der Waals surface area contributed by atoms with E-state index in [-0.39, 0.29) is 24.3 Å². The van der Waals surface area contributed by atoms with Crippen LogP contribution in [-0.4, -0.2) is 35.8 Å². The molecule has 0 aromatic carbocycles. The molecule has 0 rings (SSSR count). The number of hydrogen-bond donors (Lipinski definition) is 3. The van der Waals surface area contributed by atoms with Crippen LogP contribution in [0.4, 0.5) is 0 Å². The molecule has 1 atom stereocenters. The fourth-order valence-corrected chi connectivity index (χ4v) is 2.65. The lowest BCUT2D eigenvalue weighted by Crippen LogP contribution is -2.48. The lowest BCUT2D eigenvalue weighted by atomic mass is 9.91. The number of nitrogens with two attached hydrogens (primary N) is 1. The Hall–Kier alpha value is -1.14. The normalized spacial score (nSPS) is 16.1. The van der Waals surface area contributed by atoms with Gasteiger partial charge in [-0.2, -0.15) is 0 Å². The highest BCUT2D eigenvalue weighted by Gasteiger charge is 2.35. The molecule has 0 radical (unpaired) electrons. The molecule has 0 spiro atoms. The van der Waals surface area contributed by atoms with Gasteiger partial charge in [-0.05, 0) is 17.9 Å². The first kappa shape index (κ1) is 18.9. The Bertz CT molecular complexity index is 398. The first-order valence-electron chi connectivity index (χ1n) is 6.74. The molecular weight excluding hydrogens is 274 g/mol. The maximum Gasteiger partial charge on any atom is 0.324 e. The molecule has 0 heterocycles. The van der Waals surface area contributed by atoms with Crippen molar-refractivity contribution in [3.8, 4) is 0 Å². The standard InChI is InChI=1S/C14H27NO4Si/c1-13(2,3)20(4,5)10-6-8-14(15,12(18)19)9-7-11(16)17/h6,10H,7-9,15H2,1-5H3,(H,16,17)(H,18,19)/b10-6+/t14-/m1/s1. The van der Waals surface area contributed by atoms with E-state index in [9.17, 15) is 14.7 Å². The van der Waals surface area contributed by atoms with Gasteiger partial charge in [-0.15, -0.1) is 0 Å². The van der Waals surface area contributed by atoms with Gasteiger partial charge in [0.2, 0.25) is 0 Å². The largest absolute Gasteiger partial charge is 0.481 e. The van der Waals surface area contributed by atoms with Gasteiger partial charge in [-0.1, -0.05) is 45.6 Å². The minimum Gasteiger partial charge on any atom is -0.481 e. The van der Waals surface area contributed by atoms with Crippen molar-refractivity contribution >= 4 is 20.0 Å². The number of carboxylic acid groups (broad SMARTS) is 2. The Labute approximate surface area is 121 Å². The number of aliphatic carboxylic acids is 2. The maximum absolute atomic E-state index is 11.2. The fraction of sp³-hybridized carbons (Fsp3) is 0.714. The van der Waals surface area contributed by atoms with Crippen LogP contribution < -0.4 is 5.73 Å². The summed E-state index contributed by atoms with van der Waals surface area (Å²) in [4.78, 5) is 21.8. The number of hydrogen-bond acceptors (Lipinski definition) is 3. The molecular formula is C14H27NO4Si. The molecule has 0 unspecified atom stereocenters. The molecule has 0 aliphatic rings. The number of carboxylic acids is 2. The van der Waals surface area contributed by atoms with Crippen molar-refractivity contribution in [2.45, 2.75) is 63.7 Å². The van der Waals surface area contributed by atoms with Crippen LogP contribution in [0.5, 0.6) is 0 Å². The molecule has 0 saturated heterocycles. The van der Waals surface area contributed by atoms with Crippen molar-refractivity contribution in [2.75, 3.05) is 0 Å². The first-order chi connectivity index (χ1) is 8.82. The molecule has 0 bridgehead atoms. The van der Waals surface area contributed by atoms with E-state index in [2.05, 4.69) is 39.6 Å². The van der Waals surface area contributed by atoms with Gasteiger partial charge in [0.05, 0.1) is 8.07 Å². The zero-order chi connectivity index (χ0) is 16.2. The highest BCUT2D eigenvalue weighted by atomic mass is 28.3. The molecule has 0 aliphatic heterocycles. The summed E-state index contributed by atoms with van der Waals surface area (Å²) in [6.45, 7) is 10.9. The van der Waals surface area contributed by atoms with Crippen molar-refractivity contribution < 1.29 is 19.8 Å². The molecule has 0 saturated carbocycles. The van der Waals surface area contributed by atoms with Gasteiger partial charge in [0.15, 0.2) is 0 Å². The van der Waals surface area contributed by atoms with Crippen LogP contribution >= 0.6 is 0 Å². The Morgan fingerprint density at radius 2 is 1.70 bits per heavy atom. The van der Waals surface area contributed by atoms with Crippen LogP contribution in [-0.2, 0) is 9.59 Å². The van der Waals surface area contributed by atoms with E-state index in [0.29, 0.717) is 0 Å². The zero-order valence-corrected chi connectivity index (χ0v) is 14.1. The third-order valence-electron chi connectivity index (χ3n) is 4.16. The Kier molecular flexibility index (Phi) is 6.17. The summed E-state index contributed by atoms with van der Waals surface area (Å²) in [6.07, 6.45) is 1.66. The molecule has 5 nitrogen and oxygen atoms in total. The minimum atomic E-state index is -1.63. The van der Waals surface area contributed by atoms with Crippen LogP contribution in [0.15, 0.2) is 11.8 Å². The summed E-state index contributed by atoms with van der Waals surface area (Å²) in [7, 11) is -1.63. The third-order valence-corrected chi connectivity index (χ3v) is 9.10. The van der Waals surface area contributed by atoms with E-state index in [1.165, 1.54) is 0 Å². The van der Waals surface area contributed by atoms with Crippen molar-refractivity contribution in [1.29, 1.82) is 0 Å². The van der Waals surface area contributed by atoms with Gasteiger partial charge >= 0.3 is 11.9 Å².